The van der Waals surface area contributed by atoms with Crippen LogP contribution in [0.25, 0.3) is 0 Å². The molecule has 0 N–H and O–H groups in total. The summed E-state index contributed by atoms with van der Waals surface area (Å²) in [6, 6.07) is 8.42. The van der Waals surface area contributed by atoms with Crippen LogP contribution in [0.4, 0.5) is 5.69 Å². The maximum Gasteiger partial charge on any atom is 0.254 e. The fourth-order valence-corrected chi connectivity index (χ4v) is 3.43. The third-order valence-electron chi connectivity index (χ3n) is 4.27. The first-order valence-electron chi connectivity index (χ1n) is 8.57. The number of rotatable bonds is 4. The highest BCUT2D eigenvalue weighted by Crippen LogP contribution is 2.23. The van der Waals surface area contributed by atoms with E-state index in [0.29, 0.717) is 19.1 Å². The van der Waals surface area contributed by atoms with Gasteiger partial charge in [0.05, 0.1) is 11.7 Å². The summed E-state index contributed by atoms with van der Waals surface area (Å²) in [5.74, 6) is 0.0902. The van der Waals surface area contributed by atoms with Crippen molar-refractivity contribution >= 4 is 11.6 Å². The summed E-state index contributed by atoms with van der Waals surface area (Å²) >= 11 is 0. The van der Waals surface area contributed by atoms with Crippen LogP contribution in [0.2, 0.25) is 0 Å². The molecule has 1 atom stereocenters. The minimum atomic E-state index is -0.288. The molecular formula is C19H30N2O2. The molecule has 1 aromatic rings. The van der Waals surface area contributed by atoms with Crippen LogP contribution in [0.1, 0.15) is 51.9 Å². The van der Waals surface area contributed by atoms with Crippen LogP contribution >= 0.6 is 0 Å². The SMILES string of the molecule is CCN(c1ccc(C(=O)N2CC(C)OC(C)(C)C2)cc1)C(C)C. The Balaban J connectivity index is 2.14. The second kappa shape index (κ2) is 6.91. The number of hydrogen-bond acceptors (Lipinski definition) is 3. The summed E-state index contributed by atoms with van der Waals surface area (Å²) in [6.45, 7) is 14.8. The Labute approximate surface area is 140 Å². The van der Waals surface area contributed by atoms with Gasteiger partial charge in [0.2, 0.25) is 0 Å². The number of ether oxygens (including phenoxy) is 1. The Morgan fingerprint density at radius 1 is 1.35 bits per heavy atom. The van der Waals surface area contributed by atoms with Crippen LogP contribution in [0.5, 0.6) is 0 Å². The minimum absolute atomic E-state index is 0.0681. The van der Waals surface area contributed by atoms with E-state index in [-0.39, 0.29) is 17.6 Å². The predicted molar refractivity (Wildman–Crippen MR) is 95.1 cm³/mol. The molecule has 0 radical (unpaired) electrons. The third-order valence-corrected chi connectivity index (χ3v) is 4.27. The molecule has 1 unspecified atom stereocenters. The molecule has 0 bridgehead atoms. The predicted octanol–water partition coefficient (Wildman–Crippen LogP) is 3.56. The maximum absolute atomic E-state index is 12.8. The zero-order chi connectivity index (χ0) is 17.2. The molecule has 23 heavy (non-hydrogen) atoms. The lowest BCUT2D eigenvalue weighted by molar-refractivity contribution is -0.118. The number of carbonyl (C=O) groups excluding carboxylic acids is 1. The Morgan fingerprint density at radius 3 is 2.43 bits per heavy atom. The minimum Gasteiger partial charge on any atom is -0.369 e. The summed E-state index contributed by atoms with van der Waals surface area (Å²) in [4.78, 5) is 17.0. The van der Waals surface area contributed by atoms with Gasteiger partial charge in [-0.15, -0.1) is 0 Å². The molecule has 0 aromatic heterocycles. The standard InChI is InChI=1S/C19H30N2O2/c1-7-21(14(2)3)17-10-8-16(9-11-17)18(22)20-12-15(4)23-19(5,6)13-20/h8-11,14-15H,7,12-13H2,1-6H3. The molecule has 1 aromatic carbocycles. The molecule has 1 aliphatic heterocycles. The van der Waals surface area contributed by atoms with Gasteiger partial charge in [0.1, 0.15) is 0 Å². The highest BCUT2D eigenvalue weighted by atomic mass is 16.5. The van der Waals surface area contributed by atoms with E-state index >= 15 is 0 Å². The van der Waals surface area contributed by atoms with E-state index in [0.717, 1.165) is 17.8 Å². The van der Waals surface area contributed by atoms with Crippen LogP contribution < -0.4 is 4.90 Å². The second-order valence-corrected chi connectivity index (χ2v) is 7.30. The summed E-state index contributed by atoms with van der Waals surface area (Å²) in [5, 5.41) is 0. The molecule has 1 amide bonds. The number of nitrogens with zero attached hydrogens (tertiary/aromatic N) is 2. The molecule has 0 aliphatic carbocycles. The topological polar surface area (TPSA) is 32.8 Å². The fraction of sp³-hybridized carbons (Fsp3) is 0.632. The van der Waals surface area contributed by atoms with E-state index < -0.39 is 0 Å². The average Bonchev–Trinajstić information content (AvgIpc) is 2.45. The lowest BCUT2D eigenvalue weighted by Gasteiger charge is -2.41. The molecule has 1 saturated heterocycles. The van der Waals surface area contributed by atoms with Gasteiger partial charge >= 0.3 is 0 Å². The fourth-order valence-electron chi connectivity index (χ4n) is 3.43. The normalized spacial score (nSPS) is 20.7. The average molecular weight is 318 g/mol. The highest BCUT2D eigenvalue weighted by Gasteiger charge is 2.34. The van der Waals surface area contributed by atoms with Crippen molar-refractivity contribution in [2.75, 3.05) is 24.5 Å². The molecule has 1 fully saturated rings. The first-order chi connectivity index (χ1) is 10.7. The van der Waals surface area contributed by atoms with Crippen molar-refractivity contribution < 1.29 is 9.53 Å². The number of carbonyl (C=O) groups is 1. The molecule has 4 nitrogen and oxygen atoms in total. The van der Waals surface area contributed by atoms with Crippen molar-refractivity contribution in [3.8, 4) is 0 Å². The second-order valence-electron chi connectivity index (χ2n) is 7.30. The van der Waals surface area contributed by atoms with E-state index in [1.807, 2.05) is 49.9 Å². The van der Waals surface area contributed by atoms with Crippen molar-refractivity contribution in [1.29, 1.82) is 0 Å². The Hall–Kier alpha value is -1.55. The van der Waals surface area contributed by atoms with E-state index in [1.165, 1.54) is 0 Å². The Morgan fingerprint density at radius 2 is 1.96 bits per heavy atom. The first-order valence-corrected chi connectivity index (χ1v) is 8.57. The third kappa shape index (κ3) is 4.25. The van der Waals surface area contributed by atoms with Crippen LogP contribution in [-0.2, 0) is 4.74 Å². The summed E-state index contributed by atoms with van der Waals surface area (Å²) in [6.07, 6.45) is 0.0681. The van der Waals surface area contributed by atoms with Crippen molar-refractivity contribution in [2.24, 2.45) is 0 Å². The monoisotopic (exact) mass is 318 g/mol. The number of amides is 1. The lowest BCUT2D eigenvalue weighted by atomic mass is 10.0. The van der Waals surface area contributed by atoms with Gasteiger partial charge in [-0.2, -0.15) is 0 Å². The molecule has 128 valence electrons. The van der Waals surface area contributed by atoms with Gasteiger partial charge in [-0.25, -0.2) is 0 Å². The van der Waals surface area contributed by atoms with Gasteiger partial charge in [0, 0.05) is 36.9 Å². The summed E-state index contributed by atoms with van der Waals surface area (Å²) < 4.78 is 5.88. The van der Waals surface area contributed by atoms with Crippen LogP contribution in [-0.4, -0.2) is 48.2 Å². The van der Waals surface area contributed by atoms with Gasteiger partial charge in [0.25, 0.3) is 5.91 Å². The van der Waals surface area contributed by atoms with Crippen LogP contribution in [0.3, 0.4) is 0 Å². The van der Waals surface area contributed by atoms with Gasteiger partial charge in [-0.3, -0.25) is 4.79 Å². The van der Waals surface area contributed by atoms with Gasteiger partial charge in [-0.05, 0) is 65.8 Å². The zero-order valence-electron chi connectivity index (χ0n) is 15.3. The van der Waals surface area contributed by atoms with Gasteiger partial charge in [-0.1, -0.05) is 0 Å². The highest BCUT2D eigenvalue weighted by molar-refractivity contribution is 5.94. The molecule has 1 heterocycles. The van der Waals surface area contributed by atoms with Crippen molar-refractivity contribution in [1.82, 2.24) is 4.90 Å². The van der Waals surface area contributed by atoms with E-state index in [2.05, 4.69) is 25.7 Å². The Bertz CT molecular complexity index is 537. The largest absolute Gasteiger partial charge is 0.369 e. The molecule has 2 rings (SSSR count). The Kier molecular flexibility index (Phi) is 5.35. The summed E-state index contributed by atoms with van der Waals surface area (Å²) in [5.41, 5.74) is 1.62. The molecular weight excluding hydrogens is 288 g/mol. The zero-order valence-corrected chi connectivity index (χ0v) is 15.3. The number of hydrogen-bond donors (Lipinski definition) is 0. The van der Waals surface area contributed by atoms with E-state index in [9.17, 15) is 4.79 Å². The quantitative estimate of drug-likeness (QED) is 0.851. The first kappa shape index (κ1) is 17.8. The van der Waals surface area contributed by atoms with Crippen molar-refractivity contribution in [2.45, 2.75) is 59.3 Å². The maximum atomic E-state index is 12.8. The summed E-state index contributed by atoms with van der Waals surface area (Å²) in [7, 11) is 0. The molecule has 4 heteroatoms. The lowest BCUT2D eigenvalue weighted by Crippen LogP contribution is -2.53. The van der Waals surface area contributed by atoms with Crippen LogP contribution in [0.15, 0.2) is 24.3 Å². The van der Waals surface area contributed by atoms with E-state index in [4.69, 9.17) is 4.74 Å². The van der Waals surface area contributed by atoms with Crippen molar-refractivity contribution in [3.05, 3.63) is 29.8 Å². The van der Waals surface area contributed by atoms with Gasteiger partial charge < -0.3 is 14.5 Å². The smallest absolute Gasteiger partial charge is 0.254 e. The molecule has 0 spiro atoms. The molecule has 0 saturated carbocycles. The van der Waals surface area contributed by atoms with Crippen LogP contribution in [0, 0.1) is 0 Å². The van der Waals surface area contributed by atoms with E-state index in [1.54, 1.807) is 0 Å². The number of anilines is 1. The molecule has 1 aliphatic rings. The van der Waals surface area contributed by atoms with Crippen molar-refractivity contribution in [3.63, 3.8) is 0 Å². The van der Waals surface area contributed by atoms with Gasteiger partial charge in [0.15, 0.2) is 0 Å². The number of benzene rings is 1. The number of morpholine rings is 1.